The van der Waals surface area contributed by atoms with E-state index in [2.05, 4.69) is 34.9 Å². The first kappa shape index (κ1) is 21.0. The molecule has 0 amide bonds. The molecule has 0 aromatic heterocycles. The maximum atomic E-state index is 6.11. The smallest absolute Gasteiger partial charge is 0.118 e. The van der Waals surface area contributed by atoms with Gasteiger partial charge in [0.2, 0.25) is 0 Å². The van der Waals surface area contributed by atoms with Crippen molar-refractivity contribution in [3.63, 3.8) is 0 Å². The third kappa shape index (κ3) is 5.49. The molecule has 29 heavy (non-hydrogen) atoms. The molecule has 0 radical (unpaired) electrons. The van der Waals surface area contributed by atoms with Crippen molar-refractivity contribution in [2.45, 2.75) is 43.0 Å². The van der Waals surface area contributed by atoms with Crippen LogP contribution in [0.2, 0.25) is 5.02 Å². The first-order valence-corrected chi connectivity index (χ1v) is 12.2. The third-order valence-electron chi connectivity index (χ3n) is 6.38. The molecule has 3 nitrogen and oxygen atoms in total. The van der Waals surface area contributed by atoms with Crippen molar-refractivity contribution in [3.05, 3.63) is 64.7 Å². The zero-order chi connectivity index (χ0) is 20.1. The summed E-state index contributed by atoms with van der Waals surface area (Å²) in [6.45, 7) is 2.14. The van der Waals surface area contributed by atoms with Crippen LogP contribution in [0, 0.1) is 5.92 Å². The normalized spacial score (nSPS) is 25.9. The highest BCUT2D eigenvalue weighted by atomic mass is 35.5. The molecular formula is C24H31ClN2OS. The van der Waals surface area contributed by atoms with Gasteiger partial charge in [-0.3, -0.25) is 0 Å². The van der Waals surface area contributed by atoms with E-state index in [4.69, 9.17) is 16.3 Å². The molecule has 2 aromatic carbocycles. The second-order valence-electron chi connectivity index (χ2n) is 8.21. The summed E-state index contributed by atoms with van der Waals surface area (Å²) in [5.74, 6) is 4.39. The van der Waals surface area contributed by atoms with Crippen LogP contribution in [0.1, 0.15) is 36.3 Å². The average molecular weight is 431 g/mol. The Morgan fingerprint density at radius 2 is 1.90 bits per heavy atom. The number of thioether (sulfide) groups is 1. The van der Waals surface area contributed by atoms with Crippen LogP contribution < -0.4 is 15.4 Å². The van der Waals surface area contributed by atoms with E-state index in [1.54, 1.807) is 7.11 Å². The van der Waals surface area contributed by atoms with E-state index in [9.17, 15) is 0 Å². The van der Waals surface area contributed by atoms with Gasteiger partial charge < -0.3 is 15.4 Å². The van der Waals surface area contributed by atoms with Crippen molar-refractivity contribution < 1.29 is 4.74 Å². The van der Waals surface area contributed by atoms with Gasteiger partial charge in [0.05, 0.1) is 7.11 Å². The van der Waals surface area contributed by atoms with Crippen molar-refractivity contribution in [2.75, 3.05) is 26.0 Å². The number of nitrogens with one attached hydrogen (secondary N) is 2. The monoisotopic (exact) mass is 430 g/mol. The summed E-state index contributed by atoms with van der Waals surface area (Å²) in [5.41, 5.74) is 2.81. The lowest BCUT2D eigenvalue weighted by Crippen LogP contribution is -2.48. The molecule has 156 valence electrons. The number of methoxy groups -OCH3 is 1. The third-order valence-corrected chi connectivity index (χ3v) is 7.66. The lowest BCUT2D eigenvalue weighted by Gasteiger charge is -2.38. The number of benzene rings is 2. The molecule has 3 unspecified atom stereocenters. The minimum Gasteiger partial charge on any atom is -0.497 e. The highest BCUT2D eigenvalue weighted by Gasteiger charge is 2.41. The Bertz CT molecular complexity index is 767. The molecule has 2 bridgehead atoms. The van der Waals surface area contributed by atoms with Crippen LogP contribution in [-0.4, -0.2) is 38.0 Å². The molecule has 4 atom stereocenters. The van der Waals surface area contributed by atoms with Gasteiger partial charge in [-0.25, -0.2) is 0 Å². The summed E-state index contributed by atoms with van der Waals surface area (Å²) in [7, 11) is 1.71. The second-order valence-corrected chi connectivity index (χ2v) is 9.75. The minimum absolute atomic E-state index is 0.630. The Labute approximate surface area is 183 Å². The van der Waals surface area contributed by atoms with Gasteiger partial charge in [-0.15, -0.1) is 0 Å². The zero-order valence-electron chi connectivity index (χ0n) is 17.1. The number of ether oxygens (including phenoxy) is 1. The van der Waals surface area contributed by atoms with Crippen LogP contribution in [0.4, 0.5) is 0 Å². The standard InChI is InChI=1S/C24H31ClN2OS/c1-28-21-9-2-17(3-10-21)16-29-13-12-26-15-23-22(14-20-8-11-24(23)27-20)18-4-6-19(25)7-5-18/h2-7,9-10,20,22-24,26-27H,8,11-16H2,1H3/t20?,22?,23?,24-/m1/s1. The largest absolute Gasteiger partial charge is 0.497 e. The highest BCUT2D eigenvalue weighted by molar-refractivity contribution is 7.98. The Morgan fingerprint density at radius 1 is 1.10 bits per heavy atom. The lowest BCUT2D eigenvalue weighted by atomic mass is 9.77. The summed E-state index contributed by atoms with van der Waals surface area (Å²) in [5, 5.41) is 8.43. The van der Waals surface area contributed by atoms with Crippen LogP contribution in [-0.2, 0) is 5.75 Å². The van der Waals surface area contributed by atoms with E-state index in [1.165, 1.54) is 30.4 Å². The van der Waals surface area contributed by atoms with E-state index in [0.717, 1.165) is 35.4 Å². The van der Waals surface area contributed by atoms with Gasteiger partial charge in [-0.2, -0.15) is 11.8 Å². The maximum absolute atomic E-state index is 6.11. The van der Waals surface area contributed by atoms with Crippen molar-refractivity contribution in [3.8, 4) is 5.75 Å². The molecule has 2 aliphatic rings. The fourth-order valence-electron chi connectivity index (χ4n) is 4.84. The van der Waals surface area contributed by atoms with Gasteiger partial charge in [-0.1, -0.05) is 35.9 Å². The van der Waals surface area contributed by atoms with Crippen LogP contribution in [0.25, 0.3) is 0 Å². The molecule has 2 fully saturated rings. The van der Waals surface area contributed by atoms with Crippen molar-refractivity contribution in [1.29, 1.82) is 0 Å². The molecule has 0 saturated carbocycles. The van der Waals surface area contributed by atoms with Crippen molar-refractivity contribution >= 4 is 23.4 Å². The molecule has 2 aliphatic heterocycles. The maximum Gasteiger partial charge on any atom is 0.118 e. The number of hydrogen-bond acceptors (Lipinski definition) is 4. The van der Waals surface area contributed by atoms with Crippen LogP contribution >= 0.6 is 23.4 Å². The van der Waals surface area contributed by atoms with Gasteiger partial charge in [-0.05, 0) is 66.5 Å². The molecule has 0 spiro atoms. The van der Waals surface area contributed by atoms with Crippen LogP contribution in [0.5, 0.6) is 5.75 Å². The van der Waals surface area contributed by atoms with E-state index in [0.29, 0.717) is 23.9 Å². The molecular weight excluding hydrogens is 400 g/mol. The Hall–Kier alpha value is -1.20. The second kappa shape index (κ2) is 10.2. The van der Waals surface area contributed by atoms with E-state index >= 15 is 0 Å². The average Bonchev–Trinajstić information content (AvgIpc) is 3.15. The number of halogens is 1. The first-order valence-electron chi connectivity index (χ1n) is 10.7. The number of rotatable bonds is 9. The van der Waals surface area contributed by atoms with Crippen molar-refractivity contribution in [2.24, 2.45) is 5.92 Å². The number of fused-ring (bicyclic) bond motifs is 2. The van der Waals surface area contributed by atoms with Gasteiger partial charge in [0.15, 0.2) is 0 Å². The molecule has 4 rings (SSSR count). The Kier molecular flexibility index (Phi) is 7.41. The summed E-state index contributed by atoms with van der Waals surface area (Å²) in [6, 6.07) is 18.3. The predicted molar refractivity (Wildman–Crippen MR) is 124 cm³/mol. The van der Waals surface area contributed by atoms with Crippen molar-refractivity contribution in [1.82, 2.24) is 10.6 Å². The summed E-state index contributed by atoms with van der Waals surface area (Å²) < 4.78 is 5.22. The SMILES string of the molecule is COc1ccc(CSCCNCC2C(c3ccc(Cl)cc3)CC3CC[C@H]2N3)cc1. The molecule has 5 heteroatoms. The van der Waals surface area contributed by atoms with Gasteiger partial charge in [0.1, 0.15) is 5.75 Å². The van der Waals surface area contributed by atoms with E-state index in [1.807, 2.05) is 36.0 Å². The zero-order valence-corrected chi connectivity index (χ0v) is 18.6. The minimum atomic E-state index is 0.630. The van der Waals surface area contributed by atoms with E-state index < -0.39 is 0 Å². The first-order chi connectivity index (χ1) is 14.2. The van der Waals surface area contributed by atoms with Gasteiger partial charge in [0, 0.05) is 41.7 Å². The fourth-order valence-corrected chi connectivity index (χ4v) is 5.83. The fraction of sp³-hybridized carbons (Fsp3) is 0.500. The van der Waals surface area contributed by atoms with Crippen LogP contribution in [0.3, 0.4) is 0 Å². The Balaban J connectivity index is 1.24. The summed E-state index contributed by atoms with van der Waals surface area (Å²) in [6.07, 6.45) is 3.88. The topological polar surface area (TPSA) is 33.3 Å². The number of piperidine rings is 1. The highest BCUT2D eigenvalue weighted by Crippen LogP contribution is 2.41. The molecule has 2 heterocycles. The quantitative estimate of drug-likeness (QED) is 0.542. The Morgan fingerprint density at radius 3 is 2.66 bits per heavy atom. The van der Waals surface area contributed by atoms with Gasteiger partial charge in [0.25, 0.3) is 0 Å². The van der Waals surface area contributed by atoms with Gasteiger partial charge >= 0.3 is 0 Å². The summed E-state index contributed by atoms with van der Waals surface area (Å²) >= 11 is 8.10. The molecule has 2 N–H and O–H groups in total. The number of hydrogen-bond donors (Lipinski definition) is 2. The molecule has 2 saturated heterocycles. The van der Waals surface area contributed by atoms with Crippen LogP contribution in [0.15, 0.2) is 48.5 Å². The molecule has 0 aliphatic carbocycles. The molecule has 2 aromatic rings. The van der Waals surface area contributed by atoms with E-state index in [-0.39, 0.29) is 0 Å². The summed E-state index contributed by atoms with van der Waals surface area (Å²) in [4.78, 5) is 0. The predicted octanol–water partition coefficient (Wildman–Crippen LogP) is 5.10. The lowest BCUT2D eigenvalue weighted by molar-refractivity contribution is 0.244.